The van der Waals surface area contributed by atoms with E-state index in [2.05, 4.69) is 41.2 Å². The van der Waals surface area contributed by atoms with Crippen LogP contribution in [0.25, 0.3) is 5.65 Å². The summed E-state index contributed by atoms with van der Waals surface area (Å²) in [7, 11) is 4.05. The van der Waals surface area contributed by atoms with E-state index < -0.39 is 11.7 Å². The van der Waals surface area contributed by atoms with Gasteiger partial charge in [-0.25, -0.2) is 18.7 Å². The fourth-order valence-electron chi connectivity index (χ4n) is 4.91. The van der Waals surface area contributed by atoms with E-state index in [1.807, 2.05) is 20.2 Å². The van der Waals surface area contributed by atoms with Crippen LogP contribution in [-0.4, -0.2) is 81.9 Å². The smallest absolute Gasteiger partial charge is 0.407 e. The van der Waals surface area contributed by atoms with Gasteiger partial charge in [0.15, 0.2) is 17.2 Å². The maximum atomic E-state index is 14.1. The van der Waals surface area contributed by atoms with Gasteiger partial charge >= 0.3 is 6.09 Å². The summed E-state index contributed by atoms with van der Waals surface area (Å²) in [6.45, 7) is 1.40. The monoisotopic (exact) mass is 567 g/mol. The SMILES string of the molecule is CN(C)CCCCOC(=O)N[C@H]1CC[C@H](Nc2cc(NC3CC3)c3ncc(C(=O)Nc4ccncc4F)n3n2)CC1. The Morgan fingerprint density at radius 3 is 2.49 bits per heavy atom. The average Bonchev–Trinajstić information content (AvgIpc) is 3.65. The van der Waals surface area contributed by atoms with Crippen molar-refractivity contribution in [1.29, 1.82) is 0 Å². The summed E-state index contributed by atoms with van der Waals surface area (Å²) in [5, 5.41) is 17.2. The molecule has 12 nitrogen and oxygen atoms in total. The predicted octanol–water partition coefficient (Wildman–Crippen LogP) is 3.88. The van der Waals surface area contributed by atoms with E-state index in [1.165, 1.54) is 23.0 Å². The predicted molar refractivity (Wildman–Crippen MR) is 154 cm³/mol. The Hall–Kier alpha value is -4.00. The number of nitrogens with zero attached hydrogens (tertiary/aromatic N) is 5. The molecule has 0 spiro atoms. The number of hydrogen-bond donors (Lipinski definition) is 4. The number of carbonyl (C=O) groups excluding carboxylic acids is 2. The normalized spacial score (nSPS) is 18.7. The van der Waals surface area contributed by atoms with Crippen LogP contribution in [0.15, 0.2) is 30.7 Å². The molecule has 0 atom stereocenters. The fourth-order valence-corrected chi connectivity index (χ4v) is 4.91. The second-order valence-corrected chi connectivity index (χ2v) is 11.0. The van der Waals surface area contributed by atoms with Crippen molar-refractivity contribution in [3.8, 4) is 0 Å². The first-order chi connectivity index (χ1) is 19.9. The summed E-state index contributed by atoms with van der Waals surface area (Å²) < 4.78 is 20.9. The van der Waals surface area contributed by atoms with Gasteiger partial charge in [0.2, 0.25) is 0 Å². The third-order valence-electron chi connectivity index (χ3n) is 7.29. The van der Waals surface area contributed by atoms with Gasteiger partial charge in [0.1, 0.15) is 5.82 Å². The van der Waals surface area contributed by atoms with E-state index in [0.717, 1.165) is 69.8 Å². The number of ether oxygens (including phenoxy) is 1. The molecular formula is C28H38FN9O3. The summed E-state index contributed by atoms with van der Waals surface area (Å²) in [6, 6.07) is 3.91. The summed E-state index contributed by atoms with van der Waals surface area (Å²) >= 11 is 0. The first-order valence-electron chi connectivity index (χ1n) is 14.3. The highest BCUT2D eigenvalue weighted by molar-refractivity contribution is 6.03. The molecule has 3 aromatic heterocycles. The lowest BCUT2D eigenvalue weighted by atomic mass is 9.91. The van der Waals surface area contributed by atoms with Crippen LogP contribution in [0, 0.1) is 5.82 Å². The fraction of sp³-hybridized carbons (Fsp3) is 0.536. The molecule has 3 aromatic rings. The average molecular weight is 568 g/mol. The molecule has 0 aliphatic heterocycles. The van der Waals surface area contributed by atoms with Gasteiger partial charge in [-0.2, -0.15) is 0 Å². The molecule has 2 aliphatic rings. The lowest BCUT2D eigenvalue weighted by molar-refractivity contribution is 0.101. The van der Waals surface area contributed by atoms with Gasteiger partial charge in [0.05, 0.1) is 30.4 Å². The number of imidazole rings is 1. The molecule has 2 aliphatic carbocycles. The van der Waals surface area contributed by atoms with E-state index in [4.69, 9.17) is 4.74 Å². The third kappa shape index (κ3) is 7.81. The van der Waals surface area contributed by atoms with Crippen LogP contribution < -0.4 is 21.3 Å². The molecule has 0 radical (unpaired) electrons. The van der Waals surface area contributed by atoms with Crippen molar-refractivity contribution in [2.45, 2.75) is 69.5 Å². The number of carbonyl (C=O) groups is 2. The Kier molecular flexibility index (Phi) is 9.12. The number of rotatable bonds is 12. The zero-order valence-electron chi connectivity index (χ0n) is 23.5. The van der Waals surface area contributed by atoms with Crippen molar-refractivity contribution >= 4 is 34.8 Å². The van der Waals surface area contributed by atoms with Crippen LogP contribution in [0.3, 0.4) is 0 Å². The number of halogens is 1. The van der Waals surface area contributed by atoms with Crippen LogP contribution >= 0.6 is 0 Å². The topological polar surface area (TPSA) is 138 Å². The number of fused-ring (bicyclic) bond motifs is 1. The highest BCUT2D eigenvalue weighted by Crippen LogP contribution is 2.30. The minimum atomic E-state index is -0.626. The maximum absolute atomic E-state index is 14.1. The molecule has 13 heteroatoms. The molecule has 0 bridgehead atoms. The zero-order chi connectivity index (χ0) is 28.8. The number of alkyl carbamates (subject to hydrolysis) is 1. The van der Waals surface area contributed by atoms with Gasteiger partial charge in [-0.05, 0) is 78.1 Å². The van der Waals surface area contributed by atoms with Crippen molar-refractivity contribution in [2.75, 3.05) is 43.2 Å². The molecule has 4 N–H and O–H groups in total. The highest BCUT2D eigenvalue weighted by atomic mass is 19.1. The number of aromatic nitrogens is 4. The molecule has 41 heavy (non-hydrogen) atoms. The molecule has 0 unspecified atom stereocenters. The number of anilines is 3. The third-order valence-corrected chi connectivity index (χ3v) is 7.29. The first-order valence-corrected chi connectivity index (χ1v) is 14.3. The minimum absolute atomic E-state index is 0.0316. The van der Waals surface area contributed by atoms with E-state index in [0.29, 0.717) is 24.1 Å². The lowest BCUT2D eigenvalue weighted by Crippen LogP contribution is -2.40. The first kappa shape index (κ1) is 28.5. The van der Waals surface area contributed by atoms with Crippen LogP contribution in [-0.2, 0) is 4.74 Å². The summed E-state index contributed by atoms with van der Waals surface area (Å²) in [5.74, 6) is -0.545. The molecule has 3 heterocycles. The lowest BCUT2D eigenvalue weighted by Gasteiger charge is -2.29. The molecule has 2 amide bonds. The number of unbranched alkanes of at least 4 members (excludes halogenated alkanes) is 1. The van der Waals surface area contributed by atoms with Crippen molar-refractivity contribution in [3.63, 3.8) is 0 Å². The summed E-state index contributed by atoms with van der Waals surface area (Å²) in [4.78, 5) is 35.5. The summed E-state index contributed by atoms with van der Waals surface area (Å²) in [6.07, 6.45) is 10.8. The second kappa shape index (κ2) is 13.1. The van der Waals surface area contributed by atoms with Crippen LogP contribution in [0.5, 0.6) is 0 Å². The van der Waals surface area contributed by atoms with Gasteiger partial charge in [0, 0.05) is 30.4 Å². The van der Waals surface area contributed by atoms with E-state index in [9.17, 15) is 14.0 Å². The number of nitrogens with one attached hydrogen (secondary N) is 4. The van der Waals surface area contributed by atoms with Crippen LogP contribution in [0.4, 0.5) is 26.4 Å². The Labute approximate surface area is 238 Å². The highest BCUT2D eigenvalue weighted by Gasteiger charge is 2.26. The molecule has 2 saturated carbocycles. The largest absolute Gasteiger partial charge is 0.450 e. The van der Waals surface area contributed by atoms with E-state index in [1.54, 1.807) is 0 Å². The van der Waals surface area contributed by atoms with Gasteiger partial charge in [0.25, 0.3) is 5.91 Å². The molecular weight excluding hydrogens is 529 g/mol. The quantitative estimate of drug-likeness (QED) is 0.240. The van der Waals surface area contributed by atoms with E-state index >= 15 is 0 Å². The van der Waals surface area contributed by atoms with Gasteiger partial charge in [-0.15, -0.1) is 5.10 Å². The molecule has 0 aromatic carbocycles. The van der Waals surface area contributed by atoms with Crippen molar-refractivity contribution in [3.05, 3.63) is 42.2 Å². The van der Waals surface area contributed by atoms with Crippen molar-refractivity contribution in [2.24, 2.45) is 0 Å². The van der Waals surface area contributed by atoms with E-state index in [-0.39, 0.29) is 29.6 Å². The number of hydrogen-bond acceptors (Lipinski definition) is 9. The van der Waals surface area contributed by atoms with Crippen LogP contribution in [0.1, 0.15) is 61.9 Å². The maximum Gasteiger partial charge on any atom is 0.407 e. The van der Waals surface area contributed by atoms with Gasteiger partial charge in [-0.3, -0.25) is 9.78 Å². The standard InChI is InChI=1S/C28H38FN9O3/c1-37(2)13-3-4-14-41-28(40)34-20-9-7-19(8-10-20)33-25-15-23(32-18-5-6-18)26-31-17-24(38(26)36-25)27(39)35-22-11-12-30-16-21(22)29/h11-12,15-20,32H,3-10,13-14H2,1-2H3,(H,33,36)(H,34,40)(H,30,35,39)/t19-,20-. The molecule has 220 valence electrons. The van der Waals surface area contributed by atoms with Crippen LogP contribution in [0.2, 0.25) is 0 Å². The number of pyridine rings is 1. The Bertz CT molecular complexity index is 1350. The minimum Gasteiger partial charge on any atom is -0.450 e. The van der Waals surface area contributed by atoms with Gasteiger partial charge < -0.3 is 30.9 Å². The van der Waals surface area contributed by atoms with Crippen molar-refractivity contribution < 1.29 is 18.7 Å². The Morgan fingerprint density at radius 2 is 1.76 bits per heavy atom. The summed E-state index contributed by atoms with van der Waals surface area (Å²) in [5.41, 5.74) is 1.52. The number of amides is 2. The Morgan fingerprint density at radius 1 is 1.02 bits per heavy atom. The molecule has 0 saturated heterocycles. The van der Waals surface area contributed by atoms with Crippen molar-refractivity contribution in [1.82, 2.24) is 29.8 Å². The molecule has 5 rings (SSSR count). The second-order valence-electron chi connectivity index (χ2n) is 11.0. The Balaban J connectivity index is 1.19. The molecule has 2 fully saturated rings. The zero-order valence-corrected chi connectivity index (χ0v) is 23.5. The van der Waals surface area contributed by atoms with Gasteiger partial charge in [-0.1, -0.05) is 0 Å².